The van der Waals surface area contributed by atoms with E-state index >= 15 is 0 Å². The van der Waals surface area contributed by atoms with Crippen LogP contribution in [0.4, 0.5) is 0 Å². The van der Waals surface area contributed by atoms with Gasteiger partial charge in [0, 0.05) is 19.0 Å². The molecule has 1 unspecified atom stereocenters. The van der Waals surface area contributed by atoms with Gasteiger partial charge in [0.25, 0.3) is 0 Å². The Kier molecular flexibility index (Phi) is 3.99. The van der Waals surface area contributed by atoms with E-state index in [1.54, 1.807) is 6.26 Å². The summed E-state index contributed by atoms with van der Waals surface area (Å²) in [5, 5.41) is 3.70. The maximum Gasteiger partial charge on any atom is 0.105 e. The quantitative estimate of drug-likeness (QED) is 0.839. The molecule has 19 heavy (non-hydrogen) atoms. The molecule has 0 bridgehead atoms. The van der Waals surface area contributed by atoms with E-state index in [9.17, 15) is 0 Å². The monoisotopic (exact) mass is 255 g/mol. The predicted octanol–water partition coefficient (Wildman–Crippen LogP) is 3.88. The normalized spacial score (nSPS) is 18.8. The molecule has 1 aromatic heterocycles. The molecule has 1 N–H and O–H groups in total. The average molecular weight is 255 g/mol. The summed E-state index contributed by atoms with van der Waals surface area (Å²) in [5.41, 5.74) is 3.02. The van der Waals surface area contributed by atoms with E-state index in [1.165, 1.54) is 36.8 Å². The Bertz CT molecular complexity index is 504. The average Bonchev–Trinajstić information content (AvgIpc) is 2.87. The molecule has 1 aliphatic rings. The van der Waals surface area contributed by atoms with E-state index in [1.807, 2.05) is 12.1 Å². The molecule has 1 atom stereocenters. The summed E-state index contributed by atoms with van der Waals surface area (Å²) >= 11 is 0. The third-order valence-corrected chi connectivity index (χ3v) is 3.96. The lowest BCUT2D eigenvalue weighted by Gasteiger charge is -2.19. The minimum atomic E-state index is 0.508. The molecule has 0 fully saturated rings. The Labute approximate surface area is 114 Å². The lowest BCUT2D eigenvalue weighted by molar-refractivity contribution is 0.460. The molecule has 2 heteroatoms. The minimum Gasteiger partial charge on any atom is -0.469 e. The highest BCUT2D eigenvalue weighted by molar-refractivity contribution is 5.31. The molecule has 1 heterocycles. The standard InChI is InChI=1S/C17H21NO/c1-3-9-16-14(6-1)7-2-4-10-17(16)18-12-11-15-8-5-13-19-15/h1,3,5-6,8-9,13,17-18H,2,4,7,10-12H2. The van der Waals surface area contributed by atoms with Crippen LogP contribution < -0.4 is 5.32 Å². The summed E-state index contributed by atoms with van der Waals surface area (Å²) in [6.45, 7) is 0.979. The summed E-state index contributed by atoms with van der Waals surface area (Å²) in [7, 11) is 0. The second kappa shape index (κ2) is 6.07. The maximum atomic E-state index is 5.38. The zero-order chi connectivity index (χ0) is 12.9. The zero-order valence-corrected chi connectivity index (χ0v) is 11.3. The topological polar surface area (TPSA) is 25.2 Å². The molecule has 1 aromatic carbocycles. The van der Waals surface area contributed by atoms with Gasteiger partial charge in [0.2, 0.25) is 0 Å². The summed E-state index contributed by atoms with van der Waals surface area (Å²) in [5.74, 6) is 1.06. The first-order chi connectivity index (χ1) is 9.43. The molecule has 2 nitrogen and oxygen atoms in total. The molecule has 0 amide bonds. The molecular weight excluding hydrogens is 234 g/mol. The van der Waals surface area contributed by atoms with Gasteiger partial charge in [-0.15, -0.1) is 0 Å². The van der Waals surface area contributed by atoms with Gasteiger partial charge in [0.1, 0.15) is 5.76 Å². The van der Waals surface area contributed by atoms with Crippen molar-refractivity contribution in [2.45, 2.75) is 38.1 Å². The molecule has 0 aliphatic heterocycles. The van der Waals surface area contributed by atoms with Gasteiger partial charge in [-0.2, -0.15) is 0 Å². The van der Waals surface area contributed by atoms with Crippen molar-refractivity contribution < 1.29 is 4.42 Å². The van der Waals surface area contributed by atoms with Gasteiger partial charge in [-0.25, -0.2) is 0 Å². The van der Waals surface area contributed by atoms with Crippen LogP contribution in [-0.4, -0.2) is 6.54 Å². The maximum absolute atomic E-state index is 5.38. The number of benzene rings is 1. The molecule has 0 radical (unpaired) electrons. The van der Waals surface area contributed by atoms with Crippen LogP contribution in [0, 0.1) is 0 Å². The summed E-state index contributed by atoms with van der Waals surface area (Å²) < 4.78 is 5.38. The Balaban J connectivity index is 1.63. The number of hydrogen-bond donors (Lipinski definition) is 1. The van der Waals surface area contributed by atoms with Crippen LogP contribution in [-0.2, 0) is 12.8 Å². The Morgan fingerprint density at radius 2 is 2.05 bits per heavy atom. The molecule has 0 spiro atoms. The van der Waals surface area contributed by atoms with E-state index in [-0.39, 0.29) is 0 Å². The highest BCUT2D eigenvalue weighted by Gasteiger charge is 2.17. The van der Waals surface area contributed by atoms with E-state index in [0.717, 1.165) is 18.7 Å². The van der Waals surface area contributed by atoms with Gasteiger partial charge in [-0.3, -0.25) is 0 Å². The highest BCUT2D eigenvalue weighted by atomic mass is 16.3. The molecule has 1 aliphatic carbocycles. The molecule has 0 saturated carbocycles. The fraction of sp³-hybridized carbons (Fsp3) is 0.412. The van der Waals surface area contributed by atoms with E-state index in [2.05, 4.69) is 29.6 Å². The largest absolute Gasteiger partial charge is 0.469 e. The molecule has 2 aromatic rings. The van der Waals surface area contributed by atoms with Crippen molar-refractivity contribution in [2.24, 2.45) is 0 Å². The Morgan fingerprint density at radius 3 is 2.95 bits per heavy atom. The van der Waals surface area contributed by atoms with Crippen LogP contribution in [0.1, 0.15) is 42.2 Å². The lowest BCUT2D eigenvalue weighted by Crippen LogP contribution is -2.23. The second-order valence-electron chi connectivity index (χ2n) is 5.28. The van der Waals surface area contributed by atoms with Crippen LogP contribution in [0.2, 0.25) is 0 Å². The minimum absolute atomic E-state index is 0.508. The molecule has 0 saturated heterocycles. The third-order valence-electron chi connectivity index (χ3n) is 3.96. The Hall–Kier alpha value is -1.54. The van der Waals surface area contributed by atoms with Crippen LogP contribution in [0.15, 0.2) is 47.1 Å². The SMILES string of the molecule is c1coc(CCNC2CCCCc3ccccc32)c1. The van der Waals surface area contributed by atoms with Crippen LogP contribution in [0.5, 0.6) is 0 Å². The number of hydrogen-bond acceptors (Lipinski definition) is 2. The fourth-order valence-electron chi connectivity index (χ4n) is 2.96. The van der Waals surface area contributed by atoms with Gasteiger partial charge in [0.05, 0.1) is 6.26 Å². The first kappa shape index (κ1) is 12.5. The Morgan fingerprint density at radius 1 is 1.11 bits per heavy atom. The summed E-state index contributed by atoms with van der Waals surface area (Å²) in [4.78, 5) is 0. The summed E-state index contributed by atoms with van der Waals surface area (Å²) in [6, 6.07) is 13.4. The molecule has 100 valence electrons. The smallest absolute Gasteiger partial charge is 0.105 e. The van der Waals surface area contributed by atoms with Crippen molar-refractivity contribution in [2.75, 3.05) is 6.54 Å². The highest BCUT2D eigenvalue weighted by Crippen LogP contribution is 2.28. The van der Waals surface area contributed by atoms with Crippen LogP contribution >= 0.6 is 0 Å². The van der Waals surface area contributed by atoms with Crippen LogP contribution in [0.25, 0.3) is 0 Å². The third kappa shape index (κ3) is 3.07. The number of rotatable bonds is 4. The van der Waals surface area contributed by atoms with Crippen molar-refractivity contribution in [3.63, 3.8) is 0 Å². The van der Waals surface area contributed by atoms with Gasteiger partial charge in [0.15, 0.2) is 0 Å². The number of fused-ring (bicyclic) bond motifs is 1. The molecular formula is C17H21NO. The number of furan rings is 1. The van der Waals surface area contributed by atoms with Crippen molar-refractivity contribution in [3.8, 4) is 0 Å². The van der Waals surface area contributed by atoms with E-state index in [0.29, 0.717) is 6.04 Å². The van der Waals surface area contributed by atoms with E-state index in [4.69, 9.17) is 4.42 Å². The molecule has 3 rings (SSSR count). The first-order valence-corrected chi connectivity index (χ1v) is 7.27. The number of aryl methyl sites for hydroxylation is 1. The summed E-state index contributed by atoms with van der Waals surface area (Å²) in [6.07, 6.45) is 7.81. The van der Waals surface area contributed by atoms with Gasteiger partial charge >= 0.3 is 0 Å². The van der Waals surface area contributed by atoms with Crippen molar-refractivity contribution >= 4 is 0 Å². The van der Waals surface area contributed by atoms with Crippen LogP contribution in [0.3, 0.4) is 0 Å². The number of nitrogens with one attached hydrogen (secondary N) is 1. The fourth-order valence-corrected chi connectivity index (χ4v) is 2.96. The van der Waals surface area contributed by atoms with Gasteiger partial charge in [-0.1, -0.05) is 30.7 Å². The van der Waals surface area contributed by atoms with Gasteiger partial charge in [-0.05, 0) is 42.5 Å². The zero-order valence-electron chi connectivity index (χ0n) is 11.3. The van der Waals surface area contributed by atoms with Crippen molar-refractivity contribution in [1.82, 2.24) is 5.32 Å². The van der Waals surface area contributed by atoms with Crippen molar-refractivity contribution in [3.05, 3.63) is 59.5 Å². The van der Waals surface area contributed by atoms with Gasteiger partial charge < -0.3 is 9.73 Å². The predicted molar refractivity (Wildman–Crippen MR) is 77.2 cm³/mol. The second-order valence-corrected chi connectivity index (χ2v) is 5.28. The first-order valence-electron chi connectivity index (χ1n) is 7.27. The van der Waals surface area contributed by atoms with E-state index < -0.39 is 0 Å². The lowest BCUT2D eigenvalue weighted by atomic mass is 9.99. The van der Waals surface area contributed by atoms with Crippen molar-refractivity contribution in [1.29, 1.82) is 0 Å².